The van der Waals surface area contributed by atoms with E-state index in [-0.39, 0.29) is 10.9 Å². The van der Waals surface area contributed by atoms with Crippen LogP contribution in [0.15, 0.2) is 23.2 Å². The molecular weight excluding hydrogens is 238 g/mol. The van der Waals surface area contributed by atoms with Crippen molar-refractivity contribution in [1.82, 2.24) is 9.29 Å². The molecule has 1 fully saturated rings. The largest absolute Gasteiger partial charge is 0.384 e. The minimum absolute atomic E-state index is 0.123. The third kappa shape index (κ3) is 2.42. The van der Waals surface area contributed by atoms with Crippen molar-refractivity contribution < 1.29 is 8.42 Å². The zero-order valence-corrected chi connectivity index (χ0v) is 10.7. The third-order valence-corrected chi connectivity index (χ3v) is 5.17. The van der Waals surface area contributed by atoms with Gasteiger partial charge in [0.15, 0.2) is 0 Å². The second kappa shape index (κ2) is 4.62. The summed E-state index contributed by atoms with van der Waals surface area (Å²) in [5.74, 6) is 0.326. The van der Waals surface area contributed by atoms with E-state index in [9.17, 15) is 8.42 Å². The van der Waals surface area contributed by atoms with E-state index < -0.39 is 10.0 Å². The molecule has 0 radical (unpaired) electrons. The Morgan fingerprint density at radius 1 is 1.35 bits per heavy atom. The molecule has 1 heterocycles. The first kappa shape index (κ1) is 12.3. The number of hydrogen-bond acceptors (Lipinski definition) is 4. The Labute approximate surface area is 102 Å². The van der Waals surface area contributed by atoms with Crippen LogP contribution in [0.2, 0.25) is 0 Å². The average molecular weight is 255 g/mol. The molecule has 5 nitrogen and oxygen atoms in total. The summed E-state index contributed by atoms with van der Waals surface area (Å²) in [5, 5.41) is 0. The van der Waals surface area contributed by atoms with Crippen LogP contribution in [0.5, 0.6) is 0 Å². The quantitative estimate of drug-likeness (QED) is 0.881. The molecule has 17 heavy (non-hydrogen) atoms. The van der Waals surface area contributed by atoms with Crippen LogP contribution in [0.1, 0.15) is 25.7 Å². The van der Waals surface area contributed by atoms with Gasteiger partial charge >= 0.3 is 0 Å². The van der Waals surface area contributed by atoms with E-state index in [1.807, 2.05) is 0 Å². The average Bonchev–Trinajstić information content (AvgIpc) is 2.82. The Bertz CT molecular complexity index is 478. The predicted octanol–water partition coefficient (Wildman–Crippen LogP) is 1.23. The fraction of sp³-hybridized carbons (Fsp3) is 0.545. The number of pyridine rings is 1. The summed E-state index contributed by atoms with van der Waals surface area (Å²) in [6.45, 7) is 0. The van der Waals surface area contributed by atoms with Crippen LogP contribution in [-0.4, -0.2) is 30.8 Å². The zero-order chi connectivity index (χ0) is 12.5. The first-order valence-electron chi connectivity index (χ1n) is 5.71. The molecule has 1 aromatic rings. The van der Waals surface area contributed by atoms with Gasteiger partial charge in [-0.3, -0.25) is 0 Å². The smallest absolute Gasteiger partial charge is 0.244 e. The van der Waals surface area contributed by atoms with E-state index in [2.05, 4.69) is 4.98 Å². The van der Waals surface area contributed by atoms with Crippen molar-refractivity contribution >= 4 is 15.8 Å². The van der Waals surface area contributed by atoms with Gasteiger partial charge in [-0.05, 0) is 25.0 Å². The molecule has 2 N–H and O–H groups in total. The number of nitrogen functional groups attached to an aromatic ring is 1. The van der Waals surface area contributed by atoms with Gasteiger partial charge in [0.1, 0.15) is 10.7 Å². The maximum atomic E-state index is 12.3. The standard InChI is InChI=1S/C11H17N3O2S/c1-14(9-4-2-3-5-9)17(15,16)10-6-7-11(12)13-8-10/h6-9H,2-5H2,1H3,(H2,12,13). The zero-order valence-electron chi connectivity index (χ0n) is 9.83. The summed E-state index contributed by atoms with van der Waals surface area (Å²) in [7, 11) is -1.78. The van der Waals surface area contributed by atoms with Crippen LogP contribution < -0.4 is 5.73 Å². The molecule has 0 unspecified atom stereocenters. The lowest BCUT2D eigenvalue weighted by atomic mass is 10.3. The van der Waals surface area contributed by atoms with Gasteiger partial charge in [0.05, 0.1) is 0 Å². The minimum atomic E-state index is -3.42. The second-order valence-electron chi connectivity index (χ2n) is 4.38. The molecule has 94 valence electrons. The van der Waals surface area contributed by atoms with Crippen LogP contribution in [-0.2, 0) is 10.0 Å². The Morgan fingerprint density at radius 2 is 2.00 bits per heavy atom. The summed E-state index contributed by atoms with van der Waals surface area (Å²) in [6, 6.07) is 3.14. The van der Waals surface area contributed by atoms with E-state index in [1.54, 1.807) is 7.05 Å². The highest BCUT2D eigenvalue weighted by atomic mass is 32.2. The van der Waals surface area contributed by atoms with Crippen molar-refractivity contribution in [2.45, 2.75) is 36.6 Å². The Kier molecular flexibility index (Phi) is 3.35. The van der Waals surface area contributed by atoms with E-state index in [0.29, 0.717) is 5.82 Å². The fourth-order valence-electron chi connectivity index (χ4n) is 2.17. The maximum Gasteiger partial charge on any atom is 0.244 e. The molecule has 0 saturated heterocycles. The number of hydrogen-bond donors (Lipinski definition) is 1. The number of aromatic nitrogens is 1. The minimum Gasteiger partial charge on any atom is -0.384 e. The van der Waals surface area contributed by atoms with Gasteiger partial charge in [-0.15, -0.1) is 0 Å². The lowest BCUT2D eigenvalue weighted by molar-refractivity contribution is 0.373. The SMILES string of the molecule is CN(C1CCCC1)S(=O)(=O)c1ccc(N)nc1. The van der Waals surface area contributed by atoms with Crippen LogP contribution in [0.4, 0.5) is 5.82 Å². The summed E-state index contributed by atoms with van der Waals surface area (Å²) < 4.78 is 26.0. The molecule has 0 bridgehead atoms. The molecule has 1 aliphatic rings. The van der Waals surface area contributed by atoms with Gasteiger partial charge < -0.3 is 5.73 Å². The van der Waals surface area contributed by atoms with Gasteiger partial charge in [0.25, 0.3) is 0 Å². The number of nitrogens with zero attached hydrogens (tertiary/aromatic N) is 2. The monoisotopic (exact) mass is 255 g/mol. The summed E-state index contributed by atoms with van der Waals surface area (Å²) in [4.78, 5) is 4.04. The first-order chi connectivity index (χ1) is 8.01. The summed E-state index contributed by atoms with van der Waals surface area (Å²) in [6.07, 6.45) is 5.40. The van der Waals surface area contributed by atoms with Crippen LogP contribution in [0.3, 0.4) is 0 Å². The highest BCUT2D eigenvalue weighted by Crippen LogP contribution is 2.26. The van der Waals surface area contributed by atoms with E-state index in [1.165, 1.54) is 22.6 Å². The topological polar surface area (TPSA) is 76.3 Å². The van der Waals surface area contributed by atoms with Crippen LogP contribution in [0, 0.1) is 0 Å². The number of sulfonamides is 1. The molecule has 0 atom stereocenters. The number of rotatable bonds is 3. The molecule has 0 amide bonds. The van der Waals surface area contributed by atoms with Gasteiger partial charge in [0, 0.05) is 19.3 Å². The molecule has 2 rings (SSSR count). The predicted molar refractivity (Wildman–Crippen MR) is 65.9 cm³/mol. The first-order valence-corrected chi connectivity index (χ1v) is 7.15. The Balaban J connectivity index is 2.26. The van der Waals surface area contributed by atoms with Crippen LogP contribution >= 0.6 is 0 Å². The molecule has 6 heteroatoms. The number of nitrogens with two attached hydrogens (primary N) is 1. The fourth-order valence-corrected chi connectivity index (χ4v) is 3.54. The molecule has 1 aliphatic carbocycles. The summed E-state index contributed by atoms with van der Waals surface area (Å²) in [5.41, 5.74) is 5.45. The van der Waals surface area contributed by atoms with Crippen molar-refractivity contribution in [2.24, 2.45) is 0 Å². The van der Waals surface area contributed by atoms with Gasteiger partial charge in [-0.25, -0.2) is 13.4 Å². The van der Waals surface area contributed by atoms with E-state index in [4.69, 9.17) is 5.73 Å². The van der Waals surface area contributed by atoms with E-state index >= 15 is 0 Å². The maximum absolute atomic E-state index is 12.3. The number of anilines is 1. The Hall–Kier alpha value is -1.14. The summed E-state index contributed by atoms with van der Waals surface area (Å²) >= 11 is 0. The normalized spacial score (nSPS) is 17.8. The Morgan fingerprint density at radius 3 is 2.53 bits per heavy atom. The molecule has 0 aromatic carbocycles. The third-order valence-electron chi connectivity index (χ3n) is 3.28. The highest BCUT2D eigenvalue weighted by molar-refractivity contribution is 7.89. The lowest BCUT2D eigenvalue weighted by Crippen LogP contribution is -2.35. The van der Waals surface area contributed by atoms with Gasteiger partial charge in [-0.2, -0.15) is 4.31 Å². The lowest BCUT2D eigenvalue weighted by Gasteiger charge is -2.23. The van der Waals surface area contributed by atoms with Crippen molar-refractivity contribution in [3.05, 3.63) is 18.3 Å². The van der Waals surface area contributed by atoms with Crippen molar-refractivity contribution in [3.8, 4) is 0 Å². The molecular formula is C11H17N3O2S. The highest BCUT2D eigenvalue weighted by Gasteiger charge is 2.29. The van der Waals surface area contributed by atoms with Gasteiger partial charge in [-0.1, -0.05) is 12.8 Å². The van der Waals surface area contributed by atoms with Crippen molar-refractivity contribution in [2.75, 3.05) is 12.8 Å². The van der Waals surface area contributed by atoms with Crippen molar-refractivity contribution in [3.63, 3.8) is 0 Å². The molecule has 0 aliphatic heterocycles. The van der Waals surface area contributed by atoms with E-state index in [0.717, 1.165) is 25.7 Å². The van der Waals surface area contributed by atoms with Crippen LogP contribution in [0.25, 0.3) is 0 Å². The molecule has 1 aromatic heterocycles. The molecule has 1 saturated carbocycles. The molecule has 0 spiro atoms. The van der Waals surface area contributed by atoms with Gasteiger partial charge in [0.2, 0.25) is 10.0 Å². The second-order valence-corrected chi connectivity index (χ2v) is 6.38. The van der Waals surface area contributed by atoms with Crippen molar-refractivity contribution in [1.29, 1.82) is 0 Å².